The van der Waals surface area contributed by atoms with E-state index < -0.39 is 5.97 Å². The van der Waals surface area contributed by atoms with Gasteiger partial charge in [-0.2, -0.15) is 0 Å². The molecule has 1 saturated heterocycles. The molecule has 0 aromatic heterocycles. The van der Waals surface area contributed by atoms with Gasteiger partial charge in [0.15, 0.2) is 0 Å². The van der Waals surface area contributed by atoms with Crippen molar-refractivity contribution in [3.63, 3.8) is 0 Å². The number of aliphatic carboxylic acids is 1. The van der Waals surface area contributed by atoms with E-state index in [9.17, 15) is 14.7 Å². The maximum Gasteiger partial charge on any atom is 0.307 e. The number of nitrogens with zero attached hydrogens (tertiary/aromatic N) is 2. The van der Waals surface area contributed by atoms with E-state index in [1.54, 1.807) is 0 Å². The third-order valence-electron chi connectivity index (χ3n) is 7.21. The van der Waals surface area contributed by atoms with Gasteiger partial charge in [-0.15, -0.1) is 0 Å². The summed E-state index contributed by atoms with van der Waals surface area (Å²) in [5.74, 6) is -0.601. The van der Waals surface area contributed by atoms with Crippen LogP contribution >= 0.6 is 0 Å². The Morgan fingerprint density at radius 1 is 0.906 bits per heavy atom. The fourth-order valence-corrected chi connectivity index (χ4v) is 5.37. The maximum atomic E-state index is 13.1. The Morgan fingerprint density at radius 2 is 1.59 bits per heavy atom. The number of carboxylic acid groups (broad SMARTS) is 1. The van der Waals surface area contributed by atoms with Crippen LogP contribution in [0, 0.1) is 20.8 Å². The summed E-state index contributed by atoms with van der Waals surface area (Å²) in [5, 5.41) is 9.61. The highest BCUT2D eigenvalue weighted by atomic mass is 16.4. The molecule has 1 amide bonds. The number of aryl methyl sites for hydroxylation is 1. The molecule has 2 aliphatic rings. The first-order chi connectivity index (χ1) is 15.3. The number of carbonyl (C=O) groups excluding carboxylic acids is 1. The molecule has 0 bridgehead atoms. The number of rotatable bonds is 5. The number of fused-ring (bicyclic) bond motifs is 1. The molecule has 0 unspecified atom stereocenters. The minimum absolute atomic E-state index is 0.0147. The van der Waals surface area contributed by atoms with Crippen LogP contribution in [0.5, 0.6) is 0 Å². The van der Waals surface area contributed by atoms with Crippen molar-refractivity contribution in [2.75, 3.05) is 26.2 Å². The van der Waals surface area contributed by atoms with E-state index >= 15 is 0 Å². The minimum atomic E-state index is -0.810. The molecule has 1 N–H and O–H groups in total. The maximum absolute atomic E-state index is 13.1. The van der Waals surface area contributed by atoms with Crippen molar-refractivity contribution in [3.05, 3.63) is 57.6 Å². The lowest BCUT2D eigenvalue weighted by atomic mass is 9.81. The largest absolute Gasteiger partial charge is 0.481 e. The van der Waals surface area contributed by atoms with Crippen LogP contribution in [-0.4, -0.2) is 53.0 Å². The van der Waals surface area contributed by atoms with Crippen LogP contribution in [0.15, 0.2) is 24.3 Å². The molecule has 2 aliphatic heterocycles. The SMILES string of the molecule is Cc1ccc(-c2c(C)c3c(c(C)c2CC(=O)O)CCN(C(=O)CN2CCCCC2)C3)cc1. The number of piperidine rings is 1. The van der Waals surface area contributed by atoms with Gasteiger partial charge in [-0.25, -0.2) is 0 Å². The smallest absolute Gasteiger partial charge is 0.307 e. The molecular formula is C27H34N2O3. The molecule has 5 heteroatoms. The molecule has 5 nitrogen and oxygen atoms in total. The van der Waals surface area contributed by atoms with Gasteiger partial charge in [0, 0.05) is 13.1 Å². The summed E-state index contributed by atoms with van der Waals surface area (Å²) in [6, 6.07) is 8.30. The predicted octanol–water partition coefficient (Wildman–Crippen LogP) is 4.28. The van der Waals surface area contributed by atoms with Crippen LogP contribution < -0.4 is 0 Å². The van der Waals surface area contributed by atoms with Crippen LogP contribution in [0.3, 0.4) is 0 Å². The molecule has 0 saturated carbocycles. The van der Waals surface area contributed by atoms with Gasteiger partial charge in [-0.05, 0) is 92.1 Å². The molecule has 2 aromatic rings. The molecule has 170 valence electrons. The van der Waals surface area contributed by atoms with Gasteiger partial charge >= 0.3 is 5.97 Å². The van der Waals surface area contributed by atoms with E-state index in [2.05, 4.69) is 49.9 Å². The van der Waals surface area contributed by atoms with E-state index in [4.69, 9.17) is 0 Å². The van der Waals surface area contributed by atoms with Gasteiger partial charge in [0.25, 0.3) is 0 Å². The third kappa shape index (κ3) is 4.58. The Kier molecular flexibility index (Phi) is 6.66. The lowest BCUT2D eigenvalue weighted by molar-refractivity contribution is -0.136. The fraction of sp³-hybridized carbons (Fsp3) is 0.481. The second-order valence-electron chi connectivity index (χ2n) is 9.40. The zero-order valence-corrected chi connectivity index (χ0v) is 19.5. The van der Waals surface area contributed by atoms with E-state index in [-0.39, 0.29) is 12.3 Å². The average molecular weight is 435 g/mol. The third-order valence-corrected chi connectivity index (χ3v) is 7.21. The van der Waals surface area contributed by atoms with E-state index in [0.29, 0.717) is 19.6 Å². The summed E-state index contributed by atoms with van der Waals surface area (Å²) >= 11 is 0. The number of hydrogen-bond donors (Lipinski definition) is 1. The van der Waals surface area contributed by atoms with Gasteiger partial charge in [0.05, 0.1) is 13.0 Å². The lowest BCUT2D eigenvalue weighted by Crippen LogP contribution is -2.44. The van der Waals surface area contributed by atoms with Gasteiger partial charge < -0.3 is 10.0 Å². The molecule has 2 aromatic carbocycles. The molecule has 0 atom stereocenters. The number of benzene rings is 2. The molecule has 2 heterocycles. The van der Waals surface area contributed by atoms with Crippen molar-refractivity contribution in [2.45, 2.75) is 59.4 Å². The van der Waals surface area contributed by atoms with Crippen molar-refractivity contribution < 1.29 is 14.7 Å². The molecule has 1 fully saturated rings. The number of likely N-dealkylation sites (tertiary alicyclic amines) is 1. The van der Waals surface area contributed by atoms with Gasteiger partial charge in [-0.1, -0.05) is 36.2 Å². The first kappa shape index (κ1) is 22.5. The highest BCUT2D eigenvalue weighted by Crippen LogP contribution is 2.38. The number of carboxylic acids is 1. The summed E-state index contributed by atoms with van der Waals surface area (Å²) in [5.41, 5.74) is 8.78. The number of amides is 1. The van der Waals surface area contributed by atoms with Crippen LogP contribution in [0.4, 0.5) is 0 Å². The number of hydrogen-bond acceptors (Lipinski definition) is 3. The Morgan fingerprint density at radius 3 is 2.25 bits per heavy atom. The lowest BCUT2D eigenvalue weighted by Gasteiger charge is -2.35. The molecular weight excluding hydrogens is 400 g/mol. The van der Waals surface area contributed by atoms with Gasteiger partial charge in [-0.3, -0.25) is 14.5 Å². The highest BCUT2D eigenvalue weighted by Gasteiger charge is 2.28. The summed E-state index contributed by atoms with van der Waals surface area (Å²) in [6.07, 6.45) is 4.43. The standard InChI is InChI=1S/C27H34N2O3/c1-18-7-9-21(10-8-18)27-20(3)24-16-29(25(30)17-28-12-5-4-6-13-28)14-11-22(24)19(2)23(27)15-26(31)32/h7-10H,4-6,11-17H2,1-3H3,(H,31,32). The monoisotopic (exact) mass is 434 g/mol. The van der Waals surface area contributed by atoms with E-state index in [0.717, 1.165) is 47.3 Å². The van der Waals surface area contributed by atoms with Crippen LogP contribution in [-0.2, 0) is 29.0 Å². The summed E-state index contributed by atoms with van der Waals surface area (Å²) < 4.78 is 0. The molecule has 4 rings (SSSR count). The van der Waals surface area contributed by atoms with Crippen molar-refractivity contribution in [3.8, 4) is 11.1 Å². The van der Waals surface area contributed by atoms with Crippen molar-refractivity contribution in [2.24, 2.45) is 0 Å². The van der Waals surface area contributed by atoms with Gasteiger partial charge in [0.1, 0.15) is 0 Å². The molecule has 0 radical (unpaired) electrons. The topological polar surface area (TPSA) is 60.9 Å². The Bertz CT molecular complexity index is 1020. The minimum Gasteiger partial charge on any atom is -0.481 e. The Balaban J connectivity index is 1.70. The molecule has 32 heavy (non-hydrogen) atoms. The second kappa shape index (κ2) is 9.45. The van der Waals surface area contributed by atoms with Crippen LogP contribution in [0.25, 0.3) is 11.1 Å². The number of carbonyl (C=O) groups is 2. The Hall–Kier alpha value is -2.66. The van der Waals surface area contributed by atoms with Crippen LogP contribution in [0.1, 0.15) is 52.6 Å². The average Bonchev–Trinajstić information content (AvgIpc) is 2.78. The zero-order chi connectivity index (χ0) is 22.8. The van der Waals surface area contributed by atoms with Gasteiger partial charge in [0.2, 0.25) is 5.91 Å². The first-order valence-electron chi connectivity index (χ1n) is 11.8. The quantitative estimate of drug-likeness (QED) is 0.763. The van der Waals surface area contributed by atoms with Crippen molar-refractivity contribution >= 4 is 11.9 Å². The first-order valence-corrected chi connectivity index (χ1v) is 11.8. The Labute approximate surface area is 191 Å². The zero-order valence-electron chi connectivity index (χ0n) is 19.5. The summed E-state index contributed by atoms with van der Waals surface area (Å²) in [6.45, 7) is 10.1. The van der Waals surface area contributed by atoms with Crippen molar-refractivity contribution in [1.29, 1.82) is 0 Å². The second-order valence-corrected chi connectivity index (χ2v) is 9.40. The van der Waals surface area contributed by atoms with Crippen LogP contribution in [0.2, 0.25) is 0 Å². The highest BCUT2D eigenvalue weighted by molar-refractivity contribution is 5.82. The molecule has 0 spiro atoms. The van der Waals surface area contributed by atoms with Crippen molar-refractivity contribution in [1.82, 2.24) is 9.80 Å². The summed E-state index contributed by atoms with van der Waals surface area (Å²) in [4.78, 5) is 29.1. The summed E-state index contributed by atoms with van der Waals surface area (Å²) in [7, 11) is 0. The normalized spacial score (nSPS) is 16.7. The fourth-order valence-electron chi connectivity index (χ4n) is 5.37. The van der Waals surface area contributed by atoms with E-state index in [1.165, 1.54) is 36.0 Å². The molecule has 0 aliphatic carbocycles. The van der Waals surface area contributed by atoms with E-state index in [1.807, 2.05) is 4.90 Å². The predicted molar refractivity (Wildman–Crippen MR) is 127 cm³/mol.